The van der Waals surface area contributed by atoms with E-state index in [1.54, 1.807) is 4.90 Å². The van der Waals surface area contributed by atoms with Gasteiger partial charge in [-0.15, -0.1) is 0 Å². The van der Waals surface area contributed by atoms with Gasteiger partial charge in [-0.1, -0.05) is 80.1 Å². The monoisotopic (exact) mass is 407 g/mol. The number of nitrogens with one attached hydrogen (secondary N) is 3. The zero-order valence-electron chi connectivity index (χ0n) is 18.4. The van der Waals surface area contributed by atoms with Crippen molar-refractivity contribution in [2.45, 2.75) is 38.8 Å². The van der Waals surface area contributed by atoms with Gasteiger partial charge in [0.25, 0.3) is 5.91 Å². The van der Waals surface area contributed by atoms with Crippen molar-refractivity contribution in [1.82, 2.24) is 5.32 Å². The van der Waals surface area contributed by atoms with Crippen LogP contribution in [0.15, 0.2) is 66.7 Å². The Morgan fingerprint density at radius 2 is 1.63 bits per heavy atom. The summed E-state index contributed by atoms with van der Waals surface area (Å²) >= 11 is 0. The average Bonchev–Trinajstić information content (AvgIpc) is 2.80. The van der Waals surface area contributed by atoms with Crippen molar-refractivity contribution in [1.29, 1.82) is 0 Å². The van der Waals surface area contributed by atoms with E-state index in [9.17, 15) is 4.79 Å². The van der Waals surface area contributed by atoms with Gasteiger partial charge in [-0.05, 0) is 30.5 Å². The highest BCUT2D eigenvalue weighted by Crippen LogP contribution is 2.18. The molecule has 1 fully saturated rings. The Morgan fingerprint density at radius 3 is 2.27 bits per heavy atom. The van der Waals surface area contributed by atoms with Crippen LogP contribution >= 0.6 is 0 Å². The number of quaternary nitrogens is 2. The molecule has 0 bridgehead atoms. The summed E-state index contributed by atoms with van der Waals surface area (Å²) in [5.41, 5.74) is 2.46. The van der Waals surface area contributed by atoms with Gasteiger partial charge in [-0.2, -0.15) is 0 Å². The number of carbonyl (C=O) groups is 1. The van der Waals surface area contributed by atoms with Crippen LogP contribution in [0.2, 0.25) is 0 Å². The minimum atomic E-state index is -0.00511. The Kier molecular flexibility index (Phi) is 8.66. The molecule has 4 heteroatoms. The molecule has 2 aromatic rings. The zero-order valence-corrected chi connectivity index (χ0v) is 18.4. The van der Waals surface area contributed by atoms with Gasteiger partial charge in [-0.25, -0.2) is 0 Å². The number of piperazine rings is 1. The van der Waals surface area contributed by atoms with Crippen LogP contribution in [-0.4, -0.2) is 44.7 Å². The molecule has 0 spiro atoms. The summed E-state index contributed by atoms with van der Waals surface area (Å²) in [5, 5.41) is 3.32. The van der Waals surface area contributed by atoms with Crippen molar-refractivity contribution in [3.8, 4) is 0 Å². The molecule has 0 radical (unpaired) electrons. The SMILES string of the molecule is CCC[C@@H](NC(=O)[C@H](C)[NH+]1CC[NH+](C/C=C/c2ccccc2)CC1)c1ccccc1. The first-order valence-electron chi connectivity index (χ1n) is 11.4. The van der Waals surface area contributed by atoms with E-state index in [2.05, 4.69) is 67.7 Å². The van der Waals surface area contributed by atoms with Crippen LogP contribution < -0.4 is 15.1 Å². The minimum absolute atomic E-state index is 0.00511. The van der Waals surface area contributed by atoms with E-state index in [-0.39, 0.29) is 18.0 Å². The Bertz CT molecular complexity index is 782. The summed E-state index contributed by atoms with van der Waals surface area (Å²) in [5.74, 6) is 0.180. The van der Waals surface area contributed by atoms with Gasteiger partial charge in [0.1, 0.15) is 26.2 Å². The van der Waals surface area contributed by atoms with Gasteiger partial charge in [-0.3, -0.25) is 4.79 Å². The van der Waals surface area contributed by atoms with E-state index in [0.29, 0.717) is 0 Å². The van der Waals surface area contributed by atoms with Crippen LogP contribution in [0.3, 0.4) is 0 Å². The van der Waals surface area contributed by atoms with Crippen LogP contribution in [0.1, 0.15) is 43.9 Å². The first kappa shape index (κ1) is 22.3. The van der Waals surface area contributed by atoms with Crippen LogP contribution in [-0.2, 0) is 4.79 Å². The summed E-state index contributed by atoms with van der Waals surface area (Å²) in [4.78, 5) is 16.0. The van der Waals surface area contributed by atoms with Crippen LogP contribution in [0, 0.1) is 0 Å². The molecule has 0 unspecified atom stereocenters. The predicted octanol–water partition coefficient (Wildman–Crippen LogP) is 1.53. The maximum Gasteiger partial charge on any atom is 0.278 e. The second kappa shape index (κ2) is 11.7. The zero-order chi connectivity index (χ0) is 21.2. The van der Waals surface area contributed by atoms with Crippen molar-refractivity contribution < 1.29 is 14.6 Å². The van der Waals surface area contributed by atoms with Gasteiger partial charge >= 0.3 is 0 Å². The second-order valence-corrected chi connectivity index (χ2v) is 8.41. The molecule has 160 valence electrons. The highest BCUT2D eigenvalue weighted by atomic mass is 16.2. The molecule has 4 nitrogen and oxygen atoms in total. The average molecular weight is 408 g/mol. The van der Waals surface area contributed by atoms with Gasteiger partial charge in [0.2, 0.25) is 0 Å². The summed E-state index contributed by atoms with van der Waals surface area (Å²) in [6.07, 6.45) is 6.52. The van der Waals surface area contributed by atoms with E-state index in [1.807, 2.05) is 24.3 Å². The van der Waals surface area contributed by atoms with Crippen molar-refractivity contribution in [2.75, 3.05) is 32.7 Å². The van der Waals surface area contributed by atoms with E-state index in [4.69, 9.17) is 0 Å². The third-order valence-electron chi connectivity index (χ3n) is 6.22. The molecule has 3 N–H and O–H groups in total. The lowest BCUT2D eigenvalue weighted by Crippen LogP contribution is -3.30. The third-order valence-corrected chi connectivity index (χ3v) is 6.22. The quantitative estimate of drug-likeness (QED) is 0.580. The molecular formula is C26H37N3O+2. The molecule has 3 rings (SSSR count). The third kappa shape index (κ3) is 6.54. The number of carbonyl (C=O) groups excluding carboxylic acids is 1. The molecular weight excluding hydrogens is 370 g/mol. The van der Waals surface area contributed by atoms with Crippen molar-refractivity contribution in [3.63, 3.8) is 0 Å². The molecule has 30 heavy (non-hydrogen) atoms. The maximum absolute atomic E-state index is 13.0. The summed E-state index contributed by atoms with van der Waals surface area (Å²) in [7, 11) is 0. The van der Waals surface area contributed by atoms with Gasteiger partial charge in [0, 0.05) is 0 Å². The minimum Gasteiger partial charge on any atom is -0.344 e. The number of hydrogen-bond acceptors (Lipinski definition) is 1. The van der Waals surface area contributed by atoms with Crippen LogP contribution in [0.5, 0.6) is 0 Å². The lowest BCUT2D eigenvalue weighted by atomic mass is 10.0. The molecule has 1 heterocycles. The van der Waals surface area contributed by atoms with E-state index >= 15 is 0 Å². The first-order chi connectivity index (χ1) is 14.7. The normalized spacial score (nSPS) is 21.3. The summed E-state index contributed by atoms with van der Waals surface area (Å²) in [6, 6.07) is 20.9. The molecule has 2 aromatic carbocycles. The van der Waals surface area contributed by atoms with Gasteiger partial charge < -0.3 is 15.1 Å². The number of amides is 1. The Balaban J connectivity index is 1.46. The molecule has 1 aliphatic rings. The highest BCUT2D eigenvalue weighted by Gasteiger charge is 2.31. The Hall–Kier alpha value is -2.43. The predicted molar refractivity (Wildman–Crippen MR) is 123 cm³/mol. The topological polar surface area (TPSA) is 38.0 Å². The molecule has 0 aromatic heterocycles. The number of hydrogen-bond donors (Lipinski definition) is 3. The molecule has 1 aliphatic heterocycles. The fourth-order valence-corrected chi connectivity index (χ4v) is 4.27. The van der Waals surface area contributed by atoms with Gasteiger partial charge in [0.05, 0.1) is 12.6 Å². The molecule has 0 aliphatic carbocycles. The van der Waals surface area contributed by atoms with E-state index < -0.39 is 0 Å². The smallest absolute Gasteiger partial charge is 0.278 e. The van der Waals surface area contributed by atoms with Gasteiger partial charge in [0.15, 0.2) is 6.04 Å². The molecule has 0 saturated carbocycles. The van der Waals surface area contributed by atoms with E-state index in [1.165, 1.54) is 16.0 Å². The first-order valence-corrected chi connectivity index (χ1v) is 11.4. The summed E-state index contributed by atoms with van der Waals surface area (Å²) in [6.45, 7) is 9.63. The highest BCUT2D eigenvalue weighted by molar-refractivity contribution is 5.80. The fourth-order valence-electron chi connectivity index (χ4n) is 4.27. The van der Waals surface area contributed by atoms with Crippen molar-refractivity contribution in [2.24, 2.45) is 0 Å². The van der Waals surface area contributed by atoms with Crippen LogP contribution in [0.25, 0.3) is 6.08 Å². The van der Waals surface area contributed by atoms with Crippen molar-refractivity contribution >= 4 is 12.0 Å². The lowest BCUT2D eigenvalue weighted by molar-refractivity contribution is -1.02. The lowest BCUT2D eigenvalue weighted by Gasteiger charge is -2.33. The number of benzene rings is 2. The Labute approximate surface area is 181 Å². The van der Waals surface area contributed by atoms with Crippen LogP contribution in [0.4, 0.5) is 0 Å². The fraction of sp³-hybridized carbons (Fsp3) is 0.423. The van der Waals surface area contributed by atoms with Crippen molar-refractivity contribution in [3.05, 3.63) is 77.9 Å². The Morgan fingerprint density at radius 1 is 1.00 bits per heavy atom. The number of rotatable bonds is 9. The molecule has 2 atom stereocenters. The molecule has 1 saturated heterocycles. The standard InChI is InChI=1S/C26H35N3O/c1-3-11-25(24-15-8-5-9-16-24)27-26(30)22(2)29-20-18-28(19-21-29)17-10-14-23-12-6-4-7-13-23/h4-10,12-16,22,25H,3,11,17-21H2,1-2H3,(H,27,30)/p+2/b14-10+/t22-,25+/m0/s1. The summed E-state index contributed by atoms with van der Waals surface area (Å²) < 4.78 is 0. The second-order valence-electron chi connectivity index (χ2n) is 8.41. The van der Waals surface area contributed by atoms with E-state index in [0.717, 1.165) is 45.6 Å². The maximum atomic E-state index is 13.0. The largest absolute Gasteiger partial charge is 0.344 e. The molecule has 1 amide bonds.